The summed E-state index contributed by atoms with van der Waals surface area (Å²) in [5, 5.41) is 4.73. The average Bonchev–Trinajstić information content (AvgIpc) is 3.38. The van der Waals surface area contributed by atoms with Gasteiger partial charge in [-0.1, -0.05) is 0 Å². The van der Waals surface area contributed by atoms with E-state index in [1.807, 2.05) is 25.3 Å². The minimum atomic E-state index is -0.498. The van der Waals surface area contributed by atoms with Crippen molar-refractivity contribution in [2.75, 3.05) is 25.1 Å². The summed E-state index contributed by atoms with van der Waals surface area (Å²) in [5.41, 5.74) is 2.36. The Morgan fingerprint density at radius 3 is 2.93 bits per heavy atom. The molecule has 7 heteroatoms. The zero-order chi connectivity index (χ0) is 18.3. The second kappa shape index (κ2) is 6.82. The van der Waals surface area contributed by atoms with Gasteiger partial charge < -0.3 is 14.8 Å². The predicted molar refractivity (Wildman–Crippen MR) is 106 cm³/mol. The van der Waals surface area contributed by atoms with Gasteiger partial charge in [0.1, 0.15) is 10.6 Å². The van der Waals surface area contributed by atoms with Crippen LogP contribution in [-0.2, 0) is 22.3 Å². The summed E-state index contributed by atoms with van der Waals surface area (Å²) in [6.45, 7) is 4.06. The van der Waals surface area contributed by atoms with Gasteiger partial charge in [-0.2, -0.15) is 0 Å². The van der Waals surface area contributed by atoms with Gasteiger partial charge in [0.2, 0.25) is 0 Å². The number of nitrogens with zero attached hydrogens (tertiary/aromatic N) is 3. The first-order valence-electron chi connectivity index (χ1n) is 9.46. The molecule has 140 valence electrons. The van der Waals surface area contributed by atoms with Crippen LogP contribution in [0.5, 0.6) is 0 Å². The van der Waals surface area contributed by atoms with Gasteiger partial charge in [0.25, 0.3) is 0 Å². The molecule has 0 amide bonds. The second-order valence-corrected chi connectivity index (χ2v) is 8.27. The third-order valence-corrected chi connectivity index (χ3v) is 6.44. The molecule has 3 aromatic heterocycles. The molecule has 0 aromatic carbocycles. The van der Waals surface area contributed by atoms with Gasteiger partial charge in [0, 0.05) is 35.8 Å². The van der Waals surface area contributed by atoms with Crippen LogP contribution < -0.4 is 5.32 Å². The Morgan fingerprint density at radius 2 is 2.11 bits per heavy atom. The number of nitrogens with one attached hydrogen (secondary N) is 1. The van der Waals surface area contributed by atoms with E-state index in [1.54, 1.807) is 17.5 Å². The second-order valence-electron chi connectivity index (χ2n) is 7.18. The Balaban J connectivity index is 1.50. The molecule has 0 saturated carbocycles. The Labute approximate surface area is 162 Å². The van der Waals surface area contributed by atoms with E-state index in [-0.39, 0.29) is 0 Å². The van der Waals surface area contributed by atoms with Crippen LogP contribution in [0.1, 0.15) is 30.2 Å². The van der Waals surface area contributed by atoms with E-state index in [2.05, 4.69) is 10.3 Å². The minimum absolute atomic E-state index is 0.498. The Morgan fingerprint density at radius 1 is 1.22 bits per heavy atom. The highest BCUT2D eigenvalue weighted by atomic mass is 32.1. The largest absolute Gasteiger partial charge is 0.369 e. The molecule has 27 heavy (non-hydrogen) atoms. The molecule has 0 atom stereocenters. The van der Waals surface area contributed by atoms with Crippen LogP contribution >= 0.6 is 11.3 Å². The Kier molecular flexibility index (Phi) is 4.30. The van der Waals surface area contributed by atoms with E-state index < -0.39 is 5.79 Å². The molecular formula is C20H22N4O2S. The molecule has 1 N–H and O–H groups in total. The van der Waals surface area contributed by atoms with E-state index in [1.165, 1.54) is 22.2 Å². The summed E-state index contributed by atoms with van der Waals surface area (Å²) < 4.78 is 11.4. The van der Waals surface area contributed by atoms with E-state index in [9.17, 15) is 0 Å². The van der Waals surface area contributed by atoms with E-state index >= 15 is 0 Å². The molecule has 4 heterocycles. The third-order valence-electron chi connectivity index (χ3n) is 5.25. The zero-order valence-electron chi connectivity index (χ0n) is 15.3. The lowest BCUT2D eigenvalue weighted by Gasteiger charge is -2.22. The molecule has 5 rings (SSSR count). The highest BCUT2D eigenvalue weighted by Gasteiger charge is 2.30. The first-order valence-corrected chi connectivity index (χ1v) is 10.3. The number of anilines is 1. The van der Waals surface area contributed by atoms with Crippen LogP contribution in [0.25, 0.3) is 21.6 Å². The molecule has 3 aromatic rings. The third kappa shape index (κ3) is 3.20. The maximum atomic E-state index is 5.72. The van der Waals surface area contributed by atoms with Gasteiger partial charge in [-0.05, 0) is 43.9 Å². The Bertz CT molecular complexity index is 967. The number of pyridine rings is 1. The van der Waals surface area contributed by atoms with Crippen LogP contribution in [0.3, 0.4) is 0 Å². The van der Waals surface area contributed by atoms with Crippen LogP contribution in [0.15, 0.2) is 24.5 Å². The lowest BCUT2D eigenvalue weighted by molar-refractivity contribution is -0.144. The van der Waals surface area contributed by atoms with Gasteiger partial charge in [0.05, 0.1) is 18.6 Å². The van der Waals surface area contributed by atoms with Crippen LogP contribution in [0.4, 0.5) is 5.82 Å². The van der Waals surface area contributed by atoms with Crippen molar-refractivity contribution in [3.8, 4) is 11.4 Å². The molecule has 0 spiro atoms. The van der Waals surface area contributed by atoms with E-state index in [0.717, 1.165) is 47.8 Å². The number of hydrogen-bond acceptors (Lipinski definition) is 7. The molecule has 1 aliphatic heterocycles. The SMILES string of the molecule is CC1(CCNc2nc(-c3cccnc3)nc3sc4c(c23)CCC4)OCCO1. The number of hydrogen-bond donors (Lipinski definition) is 1. The summed E-state index contributed by atoms with van der Waals surface area (Å²) in [5.74, 6) is 1.14. The zero-order valence-corrected chi connectivity index (χ0v) is 16.1. The number of aryl methyl sites for hydroxylation is 2. The summed E-state index contributed by atoms with van der Waals surface area (Å²) >= 11 is 1.81. The predicted octanol–water partition coefficient (Wildman–Crippen LogP) is 3.81. The normalized spacial score (nSPS) is 18.1. The number of fused-ring (bicyclic) bond motifs is 3. The fourth-order valence-corrected chi connectivity index (χ4v) is 5.12. The maximum absolute atomic E-state index is 5.72. The molecule has 1 aliphatic carbocycles. The summed E-state index contributed by atoms with van der Waals surface area (Å²) in [4.78, 5) is 16.5. The lowest BCUT2D eigenvalue weighted by Crippen LogP contribution is -2.28. The van der Waals surface area contributed by atoms with Gasteiger partial charge in [-0.15, -0.1) is 11.3 Å². The van der Waals surface area contributed by atoms with E-state index in [0.29, 0.717) is 13.2 Å². The molecule has 6 nitrogen and oxygen atoms in total. The van der Waals surface area contributed by atoms with Crippen molar-refractivity contribution in [2.45, 2.75) is 38.4 Å². The topological polar surface area (TPSA) is 69.2 Å². The van der Waals surface area contributed by atoms with E-state index in [4.69, 9.17) is 19.4 Å². The summed E-state index contributed by atoms with van der Waals surface area (Å²) in [7, 11) is 0. The number of rotatable bonds is 5. The fourth-order valence-electron chi connectivity index (χ4n) is 3.86. The average molecular weight is 382 g/mol. The number of aromatic nitrogens is 3. The maximum Gasteiger partial charge on any atom is 0.167 e. The van der Waals surface area contributed by atoms with Crippen LogP contribution in [0, 0.1) is 0 Å². The standard InChI is InChI=1S/C20H22N4O2S/c1-20(25-10-11-26-20)7-9-22-18-16-14-5-2-6-15(14)27-19(16)24-17(23-18)13-4-3-8-21-12-13/h3-4,8,12H,2,5-7,9-11H2,1H3,(H,22,23,24). The van der Waals surface area contributed by atoms with Crippen molar-refractivity contribution in [3.05, 3.63) is 35.0 Å². The minimum Gasteiger partial charge on any atom is -0.369 e. The van der Waals surface area contributed by atoms with Crippen molar-refractivity contribution in [1.29, 1.82) is 0 Å². The molecular weight excluding hydrogens is 360 g/mol. The fraction of sp³-hybridized carbons (Fsp3) is 0.450. The number of ether oxygens (including phenoxy) is 2. The highest BCUT2D eigenvalue weighted by molar-refractivity contribution is 7.19. The summed E-state index contributed by atoms with van der Waals surface area (Å²) in [6.07, 6.45) is 7.84. The van der Waals surface area contributed by atoms with Crippen molar-refractivity contribution in [2.24, 2.45) is 0 Å². The van der Waals surface area contributed by atoms with Crippen LogP contribution in [0.2, 0.25) is 0 Å². The highest BCUT2D eigenvalue weighted by Crippen LogP contribution is 2.40. The molecule has 0 unspecified atom stereocenters. The molecule has 0 radical (unpaired) electrons. The first-order chi connectivity index (χ1) is 13.2. The first kappa shape index (κ1) is 17.0. The molecule has 1 saturated heterocycles. The number of thiophene rings is 1. The molecule has 1 fully saturated rings. The van der Waals surface area contributed by atoms with Crippen molar-refractivity contribution in [1.82, 2.24) is 15.0 Å². The quantitative estimate of drug-likeness (QED) is 0.724. The van der Waals surface area contributed by atoms with Crippen molar-refractivity contribution < 1.29 is 9.47 Å². The Hall–Kier alpha value is -2.09. The monoisotopic (exact) mass is 382 g/mol. The van der Waals surface area contributed by atoms with Crippen molar-refractivity contribution in [3.63, 3.8) is 0 Å². The van der Waals surface area contributed by atoms with Gasteiger partial charge in [0.15, 0.2) is 11.6 Å². The summed E-state index contributed by atoms with van der Waals surface area (Å²) in [6, 6.07) is 3.92. The smallest absolute Gasteiger partial charge is 0.167 e. The lowest BCUT2D eigenvalue weighted by atomic mass is 10.1. The van der Waals surface area contributed by atoms with Crippen molar-refractivity contribution >= 4 is 27.4 Å². The van der Waals surface area contributed by atoms with Gasteiger partial charge >= 0.3 is 0 Å². The molecule has 2 aliphatic rings. The van der Waals surface area contributed by atoms with Gasteiger partial charge in [-0.25, -0.2) is 9.97 Å². The van der Waals surface area contributed by atoms with Crippen LogP contribution in [-0.4, -0.2) is 40.5 Å². The molecule has 0 bridgehead atoms. The van der Waals surface area contributed by atoms with Gasteiger partial charge in [-0.3, -0.25) is 4.98 Å².